The summed E-state index contributed by atoms with van der Waals surface area (Å²) >= 11 is 0. The standard InChI is InChI=1S/C91H107B2N3O2/c1-52-81-76-80-77-82(52)98-75-51-63(95(66-44-57(87(14,15)16)38-58(45-66)88(17,18)19)67-46-59(89(20,21)22)39-60(47-67)90(23,24)25)33-35-71(75)93(77)73-49-61(91(26,27)28)48-69-68-30-29-31-72(78(68)96(80)79(69)73)92(76)70-34-32-62(50-74(70)97-81)94(64-40-53(83(2,3)4)36-54(41-64)84(5,6)7)65-42-55(85(8,9)10)37-56(43-65)86(11,12)13/h29-51H,1-28H3. The molecule has 0 unspecified atom stereocenters. The van der Waals surface area contributed by atoms with Crippen molar-refractivity contribution < 1.29 is 9.47 Å². The lowest BCUT2D eigenvalue weighted by atomic mass is 9.30. The van der Waals surface area contributed by atoms with E-state index in [1.807, 2.05) is 0 Å². The zero-order valence-corrected chi connectivity index (χ0v) is 64.6. The molecule has 9 aromatic carbocycles. The minimum absolute atomic E-state index is 0.102. The second-order valence-electron chi connectivity index (χ2n) is 39.0. The number of benzene rings is 9. The number of para-hydroxylation sites is 1. The molecule has 1 aromatic heterocycles. The van der Waals surface area contributed by atoms with Crippen LogP contribution in [0.3, 0.4) is 0 Å². The molecule has 5 nitrogen and oxygen atoms in total. The van der Waals surface area contributed by atoms with Gasteiger partial charge in [-0.3, -0.25) is 0 Å². The van der Waals surface area contributed by atoms with E-state index in [9.17, 15) is 0 Å². The minimum Gasteiger partial charge on any atom is -0.458 e. The summed E-state index contributed by atoms with van der Waals surface area (Å²) in [5, 5.41) is 2.59. The van der Waals surface area contributed by atoms with Crippen LogP contribution in [0.5, 0.6) is 23.0 Å². The number of ether oxygens (including phenoxy) is 2. The van der Waals surface area contributed by atoms with Crippen molar-refractivity contribution in [1.82, 2.24) is 4.57 Å². The molecular formula is C91H107B2N3O2. The first-order valence-corrected chi connectivity index (χ1v) is 36.4. The molecule has 4 aliphatic heterocycles. The van der Waals surface area contributed by atoms with E-state index in [2.05, 4.69) is 348 Å². The van der Waals surface area contributed by atoms with Crippen LogP contribution in [0.4, 0.5) is 34.1 Å². The molecule has 504 valence electrons. The van der Waals surface area contributed by atoms with Gasteiger partial charge in [-0.1, -0.05) is 248 Å². The van der Waals surface area contributed by atoms with Crippen molar-refractivity contribution in [2.24, 2.45) is 0 Å². The van der Waals surface area contributed by atoms with Crippen LogP contribution in [-0.2, 0) is 48.7 Å². The molecule has 98 heavy (non-hydrogen) atoms. The van der Waals surface area contributed by atoms with Crippen molar-refractivity contribution >= 4 is 102 Å². The van der Waals surface area contributed by atoms with Crippen LogP contribution >= 0.6 is 0 Å². The molecule has 0 atom stereocenters. The quantitative estimate of drug-likeness (QED) is 0.155. The monoisotopic (exact) mass is 1300 g/mol. The highest BCUT2D eigenvalue weighted by atomic mass is 16.5. The third-order valence-corrected chi connectivity index (χ3v) is 22.1. The lowest BCUT2D eigenvalue weighted by Gasteiger charge is -2.42. The third kappa shape index (κ3) is 11.0. The van der Waals surface area contributed by atoms with Gasteiger partial charge in [0.1, 0.15) is 23.0 Å². The first kappa shape index (κ1) is 67.3. The second kappa shape index (κ2) is 21.6. The summed E-state index contributed by atoms with van der Waals surface area (Å²) in [4.78, 5) is 5.07. The molecule has 0 spiro atoms. The Morgan fingerprint density at radius 3 is 0.898 bits per heavy atom. The third-order valence-electron chi connectivity index (χ3n) is 22.1. The molecular weight excluding hydrogens is 1190 g/mol. The number of aromatic nitrogens is 1. The van der Waals surface area contributed by atoms with Crippen molar-refractivity contribution in [3.63, 3.8) is 0 Å². The molecule has 0 radical (unpaired) electrons. The first-order valence-electron chi connectivity index (χ1n) is 36.4. The summed E-state index contributed by atoms with van der Waals surface area (Å²) in [6.45, 7) is 65.4. The number of nitrogens with zero attached hydrogens (tertiary/aromatic N) is 3. The molecule has 0 bridgehead atoms. The fraction of sp³-hybridized carbons (Fsp3) is 0.407. The van der Waals surface area contributed by atoms with Gasteiger partial charge in [-0.05, 0) is 205 Å². The Bertz CT molecular complexity index is 4730. The fourth-order valence-corrected chi connectivity index (χ4v) is 15.7. The smallest absolute Gasteiger partial charge is 0.256 e. The number of rotatable bonds is 6. The van der Waals surface area contributed by atoms with Crippen molar-refractivity contribution in [2.45, 2.75) is 243 Å². The lowest BCUT2D eigenvalue weighted by molar-refractivity contribution is 0.459. The van der Waals surface area contributed by atoms with E-state index in [-0.39, 0.29) is 62.2 Å². The Morgan fingerprint density at radius 2 is 0.582 bits per heavy atom. The van der Waals surface area contributed by atoms with Crippen LogP contribution in [0.2, 0.25) is 0 Å². The van der Waals surface area contributed by atoms with Gasteiger partial charge in [-0.25, -0.2) is 0 Å². The molecule has 7 heteroatoms. The zero-order chi connectivity index (χ0) is 71.0. The van der Waals surface area contributed by atoms with Gasteiger partial charge in [-0.15, -0.1) is 0 Å². The van der Waals surface area contributed by atoms with E-state index in [1.165, 1.54) is 110 Å². The van der Waals surface area contributed by atoms with E-state index >= 15 is 0 Å². The molecule has 10 aromatic rings. The van der Waals surface area contributed by atoms with Crippen LogP contribution in [0.15, 0.2) is 140 Å². The molecule has 0 fully saturated rings. The van der Waals surface area contributed by atoms with Gasteiger partial charge in [0.2, 0.25) is 0 Å². The molecule has 0 N–H and O–H groups in total. The highest BCUT2D eigenvalue weighted by Crippen LogP contribution is 2.51. The van der Waals surface area contributed by atoms with Gasteiger partial charge in [0.25, 0.3) is 13.4 Å². The second-order valence-corrected chi connectivity index (χ2v) is 39.0. The molecule has 5 heterocycles. The van der Waals surface area contributed by atoms with E-state index < -0.39 is 0 Å². The maximum absolute atomic E-state index is 7.90. The summed E-state index contributed by atoms with van der Waals surface area (Å²) in [5.41, 5.74) is 29.7. The molecule has 0 aliphatic carbocycles. The average molecular weight is 1300 g/mol. The van der Waals surface area contributed by atoms with E-state index in [1.54, 1.807) is 0 Å². The van der Waals surface area contributed by atoms with E-state index in [4.69, 9.17) is 9.47 Å². The SMILES string of the molecule is Cc1c2c3c4c5c1Oc1cc(N(c6cc(C(C)(C)C)cc(C(C)(C)C)c6)c6cc(C(C)(C)C)cc(C(C)(C)C)c6)ccc1B5c1cc(C(C)(C)C)cc5c6cccc(c6n-4c15)B3c1ccc(N(c3cc(C(C)(C)C)cc(C(C)(C)C)c3)c3cc(C(C)(C)C)cc(C(C)(C)C)c3)cc1O2. The topological polar surface area (TPSA) is 29.9 Å². The predicted octanol–water partition coefficient (Wildman–Crippen LogP) is 21.6. The summed E-state index contributed by atoms with van der Waals surface area (Å²) in [6, 6.07) is 55.9. The normalized spacial score (nSPS) is 14.4. The van der Waals surface area contributed by atoms with Crippen LogP contribution in [0.1, 0.15) is 243 Å². The molecule has 4 aliphatic rings. The molecule has 0 saturated heterocycles. The zero-order valence-electron chi connectivity index (χ0n) is 64.6. The first-order chi connectivity index (χ1) is 45.2. The highest BCUT2D eigenvalue weighted by molar-refractivity contribution is 7.03. The van der Waals surface area contributed by atoms with Gasteiger partial charge in [0, 0.05) is 79.3 Å². The summed E-state index contributed by atoms with van der Waals surface area (Å²) < 4.78 is 18.4. The molecule has 0 amide bonds. The van der Waals surface area contributed by atoms with E-state index in [0.717, 1.165) is 62.7 Å². The minimum atomic E-state index is -0.131. The van der Waals surface area contributed by atoms with Crippen molar-refractivity contribution in [2.75, 3.05) is 9.80 Å². The summed E-state index contributed by atoms with van der Waals surface area (Å²) in [5.74, 6) is 3.50. The Labute approximate surface area is 588 Å². The average Bonchev–Trinajstić information content (AvgIpc) is 1.39. The maximum Gasteiger partial charge on any atom is 0.256 e. The number of hydrogen-bond acceptors (Lipinski definition) is 4. The van der Waals surface area contributed by atoms with Crippen molar-refractivity contribution in [1.29, 1.82) is 0 Å². The Kier molecular flexibility index (Phi) is 14.8. The lowest BCUT2D eigenvalue weighted by Crippen LogP contribution is -2.65. The van der Waals surface area contributed by atoms with Gasteiger partial charge in [0.05, 0.1) is 0 Å². The Balaban J connectivity index is 1.04. The molecule has 14 rings (SSSR count). The van der Waals surface area contributed by atoms with Gasteiger partial charge >= 0.3 is 0 Å². The van der Waals surface area contributed by atoms with Crippen LogP contribution in [0.25, 0.3) is 27.5 Å². The predicted molar refractivity (Wildman–Crippen MR) is 426 cm³/mol. The maximum atomic E-state index is 7.90. The number of fused-ring (bicyclic) bond motifs is 7. The van der Waals surface area contributed by atoms with Crippen molar-refractivity contribution in [3.05, 3.63) is 195 Å². The Hall–Kier alpha value is -7.89. The van der Waals surface area contributed by atoms with Crippen LogP contribution < -0.4 is 52.1 Å². The number of anilines is 6. The van der Waals surface area contributed by atoms with Gasteiger partial charge < -0.3 is 23.8 Å². The Morgan fingerprint density at radius 1 is 0.286 bits per heavy atom. The van der Waals surface area contributed by atoms with Crippen molar-refractivity contribution in [3.8, 4) is 28.7 Å². The largest absolute Gasteiger partial charge is 0.458 e. The van der Waals surface area contributed by atoms with Gasteiger partial charge in [-0.2, -0.15) is 0 Å². The van der Waals surface area contributed by atoms with Crippen LogP contribution in [-0.4, -0.2) is 18.0 Å². The fourth-order valence-electron chi connectivity index (χ4n) is 15.7. The summed E-state index contributed by atoms with van der Waals surface area (Å²) in [6.07, 6.45) is 0. The summed E-state index contributed by atoms with van der Waals surface area (Å²) in [7, 11) is 0. The highest BCUT2D eigenvalue weighted by Gasteiger charge is 2.51. The van der Waals surface area contributed by atoms with Crippen LogP contribution in [0, 0.1) is 6.92 Å². The van der Waals surface area contributed by atoms with Gasteiger partial charge in [0.15, 0.2) is 0 Å². The molecule has 0 saturated carbocycles. The number of hydrogen-bond donors (Lipinski definition) is 0. The van der Waals surface area contributed by atoms with E-state index in [0.29, 0.717) is 0 Å².